The molecule has 0 aromatic carbocycles. The Kier molecular flexibility index (Phi) is 18.0. The number of aliphatic hydroxyl groups excluding tert-OH is 16. The summed E-state index contributed by atoms with van der Waals surface area (Å²) in [4.78, 5) is 0. The number of thiol groups is 1. The third kappa shape index (κ3) is 10.7. The molecule has 22 fully saturated rings. The zero-order valence-corrected chi connectivity index (χ0v) is 40.2. The molecule has 0 aromatic rings. The highest BCUT2D eigenvalue weighted by Crippen LogP contribution is 2.45. The summed E-state index contributed by atoms with van der Waals surface area (Å²) in [6.07, 6.45) is -56.0. The molecule has 0 radical (unpaired) electrons. The van der Waals surface area contributed by atoms with Gasteiger partial charge in [0.05, 0.1) is 51.5 Å². The van der Waals surface area contributed by atoms with Crippen molar-refractivity contribution in [3.8, 4) is 0 Å². The lowest BCUT2D eigenvalue weighted by Gasteiger charge is -2.49. The molecule has 0 aromatic heterocycles. The van der Waals surface area contributed by atoms with E-state index >= 15 is 0 Å². The van der Waals surface area contributed by atoms with Crippen molar-refractivity contribution in [1.82, 2.24) is 0 Å². The van der Waals surface area contributed by atoms with Gasteiger partial charge in [0.1, 0.15) is 165 Å². The topological polar surface area (TPSA) is 475 Å². The summed E-state index contributed by atoms with van der Waals surface area (Å²) in [6, 6.07) is 0. The van der Waals surface area contributed by atoms with Gasteiger partial charge in [-0.2, -0.15) is 12.6 Å². The molecule has 22 heterocycles. The van der Waals surface area contributed by atoms with Crippen molar-refractivity contribution in [3.05, 3.63) is 0 Å². The molecule has 35 atom stereocenters. The van der Waals surface area contributed by atoms with Crippen LogP contribution >= 0.6 is 12.6 Å². The van der Waals surface area contributed by atoms with Crippen LogP contribution in [0, 0.1) is 0 Å². The van der Waals surface area contributed by atoms with E-state index in [4.69, 9.17) is 75.8 Å². The Bertz CT molecular complexity index is 1860. The summed E-state index contributed by atoms with van der Waals surface area (Å²) < 4.78 is 94.4. The molecule has 16 bridgehead atoms. The summed E-state index contributed by atoms with van der Waals surface area (Å²) in [5, 5.41) is 175. The number of ether oxygens (including phenoxy) is 16. The summed E-state index contributed by atoms with van der Waals surface area (Å²) >= 11 is 4.68. The number of rotatable bonds is 6. The fraction of sp³-hybridized carbons (Fsp3) is 1.00. The molecule has 33 heteroatoms. The van der Waals surface area contributed by atoms with Crippen LogP contribution in [0.25, 0.3) is 0 Å². The van der Waals surface area contributed by atoms with Crippen molar-refractivity contribution in [3.63, 3.8) is 0 Å². The number of fused-ring (bicyclic) bond motifs is 1. The van der Waals surface area contributed by atoms with Crippen molar-refractivity contribution < 1.29 is 157 Å². The molecular formula is C42H66O32S. The lowest BCUT2D eigenvalue weighted by atomic mass is 9.95. The predicted molar refractivity (Wildman–Crippen MR) is 228 cm³/mol. The minimum absolute atomic E-state index is 0.0525. The van der Waals surface area contributed by atoms with Crippen molar-refractivity contribution in [1.29, 1.82) is 0 Å². The van der Waals surface area contributed by atoms with Gasteiger partial charge < -0.3 is 157 Å². The van der Waals surface area contributed by atoms with Gasteiger partial charge in [-0.05, 0) is 0 Å². The molecule has 22 rings (SSSR count). The number of aliphatic hydroxyl groups is 16. The van der Waals surface area contributed by atoms with Crippen molar-refractivity contribution in [2.45, 2.75) is 214 Å². The van der Waals surface area contributed by atoms with Crippen LogP contribution in [0.5, 0.6) is 0 Å². The summed E-state index contributed by atoms with van der Waals surface area (Å²) in [5.41, 5.74) is 0. The molecule has 0 unspecified atom stereocenters. The largest absolute Gasteiger partial charge is 0.394 e. The normalized spacial score (nSPS) is 57.5. The second-order valence-electron chi connectivity index (χ2n) is 19.9. The quantitative estimate of drug-likeness (QED) is 0.0867. The molecule has 432 valence electrons. The third-order valence-corrected chi connectivity index (χ3v) is 15.8. The van der Waals surface area contributed by atoms with Gasteiger partial charge in [0, 0.05) is 0 Å². The van der Waals surface area contributed by atoms with Crippen LogP contribution in [0.1, 0.15) is 0 Å². The Hall–Kier alpha value is -0.930. The Balaban J connectivity index is 0.909. The van der Waals surface area contributed by atoms with Gasteiger partial charge in [0.2, 0.25) is 0 Å². The number of epoxide rings is 1. The van der Waals surface area contributed by atoms with Crippen LogP contribution in [-0.4, -0.2) is 342 Å². The van der Waals surface area contributed by atoms with Crippen LogP contribution in [0.4, 0.5) is 0 Å². The fourth-order valence-corrected chi connectivity index (χ4v) is 11.4. The van der Waals surface area contributed by atoms with Gasteiger partial charge in [-0.3, -0.25) is 0 Å². The van der Waals surface area contributed by atoms with Crippen LogP contribution < -0.4 is 0 Å². The van der Waals surface area contributed by atoms with E-state index in [-0.39, 0.29) is 6.61 Å². The molecule has 0 spiro atoms. The molecular weight excluding hydrogens is 1050 g/mol. The van der Waals surface area contributed by atoms with E-state index in [1.807, 2.05) is 0 Å². The Morgan fingerprint density at radius 3 is 0.867 bits per heavy atom. The van der Waals surface area contributed by atoms with Gasteiger partial charge in [0.25, 0.3) is 0 Å². The molecule has 22 aliphatic rings. The smallest absolute Gasteiger partial charge is 0.187 e. The Morgan fingerprint density at radius 1 is 0.253 bits per heavy atom. The highest BCUT2D eigenvalue weighted by Gasteiger charge is 2.64. The monoisotopic (exact) mass is 1110 g/mol. The number of hydrogen-bond donors (Lipinski definition) is 17. The van der Waals surface area contributed by atoms with E-state index in [2.05, 4.69) is 12.6 Å². The van der Waals surface area contributed by atoms with E-state index in [9.17, 15) is 81.7 Å². The Morgan fingerprint density at radius 2 is 0.533 bits per heavy atom. The first-order valence-corrected chi connectivity index (χ1v) is 25.0. The Labute approximate surface area is 429 Å². The standard InChI is InChI=1S/C42H66O32S/c43-1-8-25-15(49)20(54)36(60-8)69-26-9(2-44)62-38(22(56)16(26)50)71-28-11(4-46)64-40(24(58)18(28)52)73-30-13(6-48)65-41(34-32(30)67-34)74-31-14-7-59-33(31)35(75)42(66-14)72-29-12(5-47)63-39(23(57)19(29)53)70-27-10(3-45)61-37(68-25)21(55)17(27)51/h8-58,75H,1-7H2/t8-,9-,10-,11-,12-,13-,14-,15-,16-,17-,18-,19-,20-,21-,22-,23-,24-,25-,26-,27-,28-,29-,30-,31-,32+,33+,34+,35-,36-,37-,38-,39-,40-,41-,42-/m1/s1. The molecule has 32 nitrogen and oxygen atoms in total. The average molecular weight is 1120 g/mol. The summed E-state index contributed by atoms with van der Waals surface area (Å²) in [5.74, 6) is 0. The van der Waals surface area contributed by atoms with Crippen LogP contribution in [-0.2, 0) is 75.8 Å². The summed E-state index contributed by atoms with van der Waals surface area (Å²) in [6.45, 7) is -5.44. The highest BCUT2D eigenvalue weighted by molar-refractivity contribution is 7.81. The van der Waals surface area contributed by atoms with Gasteiger partial charge in [0.15, 0.2) is 44.0 Å². The van der Waals surface area contributed by atoms with Crippen molar-refractivity contribution in [2.24, 2.45) is 0 Å². The zero-order chi connectivity index (χ0) is 53.5. The third-order valence-electron chi connectivity index (χ3n) is 15.2. The molecule has 22 saturated heterocycles. The maximum atomic E-state index is 11.4. The maximum absolute atomic E-state index is 11.4. The average Bonchev–Trinajstić information content (AvgIpc) is 4.16. The minimum Gasteiger partial charge on any atom is -0.394 e. The van der Waals surface area contributed by atoms with Crippen molar-refractivity contribution >= 4 is 12.6 Å². The van der Waals surface area contributed by atoms with E-state index < -0.39 is 254 Å². The van der Waals surface area contributed by atoms with Gasteiger partial charge in [-0.25, -0.2) is 0 Å². The first-order chi connectivity index (χ1) is 35.9. The van der Waals surface area contributed by atoms with E-state index in [0.717, 1.165) is 0 Å². The molecule has 0 aliphatic carbocycles. The predicted octanol–water partition coefficient (Wildman–Crippen LogP) is -12.2. The van der Waals surface area contributed by atoms with Gasteiger partial charge in [-0.15, -0.1) is 0 Å². The second kappa shape index (κ2) is 23.5. The highest BCUT2D eigenvalue weighted by atomic mass is 32.1. The zero-order valence-electron chi connectivity index (χ0n) is 39.3. The minimum atomic E-state index is -2.15. The van der Waals surface area contributed by atoms with E-state index in [1.165, 1.54) is 0 Å². The fourth-order valence-electron chi connectivity index (χ4n) is 11.0. The van der Waals surface area contributed by atoms with Gasteiger partial charge in [-0.1, -0.05) is 0 Å². The van der Waals surface area contributed by atoms with E-state index in [0.29, 0.717) is 0 Å². The van der Waals surface area contributed by atoms with Gasteiger partial charge >= 0.3 is 0 Å². The SMILES string of the molecule is OC[C@H]1O[C@@H]2O[C@H]3[C@H](O)[C@@H](O)[C@@H](O[C@H]4[C@H](O)[C@@H](O)[C@@H](O[C@H]5[C@@H]6O[C@@H]6[C@@H](O[C@H]6[C@@H]7OC[C@H]6O[C@H](O[C@H]6[C@H](O)[C@@H](O)[C@@H](O[C@H]8[C@H](O)[C@@H](O)[C@@H](O[C@H]1[C@H](O)[C@H]2O)O[C@@H]8CO)O[C@@H]6CO)[C@@H]7S)O[C@@H]5CO)O[C@@H]4CO)O[C@@H]3CO. The van der Waals surface area contributed by atoms with Crippen LogP contribution in [0.2, 0.25) is 0 Å². The molecule has 0 amide bonds. The molecule has 0 saturated carbocycles. The first-order valence-electron chi connectivity index (χ1n) is 24.5. The number of hydrogen-bond acceptors (Lipinski definition) is 33. The molecule has 22 aliphatic heterocycles. The van der Waals surface area contributed by atoms with E-state index in [1.54, 1.807) is 0 Å². The second-order valence-corrected chi connectivity index (χ2v) is 20.5. The molecule has 16 N–H and O–H groups in total. The first kappa shape index (κ1) is 57.3. The van der Waals surface area contributed by atoms with Crippen LogP contribution in [0.15, 0.2) is 0 Å². The maximum Gasteiger partial charge on any atom is 0.187 e. The molecule has 75 heavy (non-hydrogen) atoms. The lowest BCUT2D eigenvalue weighted by Crippen LogP contribution is -2.68. The summed E-state index contributed by atoms with van der Waals surface area (Å²) in [7, 11) is 0. The van der Waals surface area contributed by atoms with Crippen molar-refractivity contribution in [2.75, 3.05) is 46.2 Å². The lowest BCUT2D eigenvalue weighted by molar-refractivity contribution is -0.395. The van der Waals surface area contributed by atoms with Crippen LogP contribution in [0.3, 0.4) is 0 Å².